The number of carbonyl (C=O) groups excluding carboxylic acids is 2. The topological polar surface area (TPSA) is 62.4 Å². The van der Waals surface area contributed by atoms with Gasteiger partial charge in [0.1, 0.15) is 0 Å². The van der Waals surface area contributed by atoms with Crippen LogP contribution in [0.1, 0.15) is 49.5 Å². The van der Waals surface area contributed by atoms with E-state index in [0.29, 0.717) is 22.5 Å². The zero-order chi connectivity index (χ0) is 18.0. The Morgan fingerprint density at radius 3 is 2.54 bits per heavy atom. The Balaban J connectivity index is 2.22. The summed E-state index contributed by atoms with van der Waals surface area (Å²) in [4.78, 5) is 31.1. The molecule has 2 aromatic rings. The molecule has 0 amide bonds. The minimum atomic E-state index is -0.421. The maximum absolute atomic E-state index is 12.9. The molecule has 5 nitrogen and oxygen atoms in total. The first-order chi connectivity index (χ1) is 11.3. The molecular formula is C18H24N2O3S. The molecular weight excluding hydrogens is 324 g/mol. The van der Waals surface area contributed by atoms with E-state index in [1.807, 2.05) is 18.9 Å². The van der Waals surface area contributed by atoms with Crippen LogP contribution in [-0.4, -0.2) is 41.8 Å². The number of likely N-dealkylation sites (N-methyl/N-ethyl adjacent to an activating group) is 1. The van der Waals surface area contributed by atoms with Gasteiger partial charge in [0.15, 0.2) is 5.78 Å². The lowest BCUT2D eigenvalue weighted by Gasteiger charge is -2.23. The summed E-state index contributed by atoms with van der Waals surface area (Å²) in [6.45, 7) is 8.24. The molecule has 0 aliphatic carbocycles. The first-order valence-corrected chi connectivity index (χ1v) is 8.70. The highest BCUT2D eigenvalue weighted by atomic mass is 32.1. The van der Waals surface area contributed by atoms with Crippen LogP contribution in [0.4, 0.5) is 0 Å². The van der Waals surface area contributed by atoms with Gasteiger partial charge >= 0.3 is 5.97 Å². The van der Waals surface area contributed by atoms with Gasteiger partial charge in [0.05, 0.1) is 24.4 Å². The van der Waals surface area contributed by atoms with Crippen molar-refractivity contribution in [1.82, 2.24) is 9.88 Å². The number of esters is 1. The molecule has 0 spiro atoms. The minimum Gasteiger partial charge on any atom is -0.465 e. The van der Waals surface area contributed by atoms with E-state index < -0.39 is 5.97 Å². The predicted molar refractivity (Wildman–Crippen MR) is 95.9 cm³/mol. The normalized spacial score (nSPS) is 12.5. The van der Waals surface area contributed by atoms with Crippen molar-refractivity contribution in [3.05, 3.63) is 44.4 Å². The summed E-state index contributed by atoms with van der Waals surface area (Å²) in [6, 6.07) is 1.79. The van der Waals surface area contributed by atoms with Gasteiger partial charge in [-0.1, -0.05) is 0 Å². The molecule has 2 aromatic heterocycles. The number of nitrogens with zero attached hydrogens (tertiary/aromatic N) is 1. The number of Topliss-reactive ketones (excluding diaryl/α,β-unsaturated/α-hetero) is 1. The van der Waals surface area contributed by atoms with Crippen LogP contribution in [0.2, 0.25) is 0 Å². The number of hydrogen-bond acceptors (Lipinski definition) is 5. The van der Waals surface area contributed by atoms with E-state index in [-0.39, 0.29) is 11.8 Å². The average Bonchev–Trinajstić information content (AvgIpc) is 3.08. The number of ketones is 1. The first-order valence-electron chi connectivity index (χ1n) is 7.82. The number of thiophene rings is 1. The molecule has 0 radical (unpaired) electrons. The van der Waals surface area contributed by atoms with Gasteiger partial charge in [-0.05, 0) is 57.3 Å². The summed E-state index contributed by atoms with van der Waals surface area (Å²) in [5, 5.41) is 2.06. The highest BCUT2D eigenvalue weighted by Crippen LogP contribution is 2.23. The highest BCUT2D eigenvalue weighted by molar-refractivity contribution is 7.10. The van der Waals surface area contributed by atoms with Gasteiger partial charge in [0, 0.05) is 17.1 Å². The van der Waals surface area contributed by atoms with E-state index in [0.717, 1.165) is 6.54 Å². The lowest BCUT2D eigenvalue weighted by atomic mass is 10.0. The Labute approximate surface area is 146 Å². The molecule has 0 aromatic carbocycles. The first kappa shape index (κ1) is 18.4. The SMILES string of the molecule is COC(=O)c1c(C)[nH]c(C(=O)[C@@H](C)N(C)Cc2sccc2C)c1C. The van der Waals surface area contributed by atoms with Crippen LogP contribution in [-0.2, 0) is 11.3 Å². The number of aromatic nitrogens is 1. The van der Waals surface area contributed by atoms with Gasteiger partial charge in [-0.3, -0.25) is 9.69 Å². The maximum atomic E-state index is 12.9. The summed E-state index contributed by atoms with van der Waals surface area (Å²) < 4.78 is 4.80. The number of methoxy groups -OCH3 is 1. The Morgan fingerprint density at radius 2 is 2.00 bits per heavy atom. The van der Waals surface area contributed by atoms with Crippen molar-refractivity contribution in [3.8, 4) is 0 Å². The van der Waals surface area contributed by atoms with Gasteiger partial charge in [-0.15, -0.1) is 11.3 Å². The Bertz CT molecular complexity index is 760. The number of aromatic amines is 1. The Hall–Kier alpha value is -1.92. The average molecular weight is 348 g/mol. The molecule has 6 heteroatoms. The molecule has 0 unspecified atom stereocenters. The van der Waals surface area contributed by atoms with Crippen molar-refractivity contribution < 1.29 is 14.3 Å². The van der Waals surface area contributed by atoms with Crippen LogP contribution in [0.5, 0.6) is 0 Å². The van der Waals surface area contributed by atoms with Gasteiger partial charge in [0.2, 0.25) is 0 Å². The van der Waals surface area contributed by atoms with Gasteiger partial charge in [0.25, 0.3) is 0 Å². The van der Waals surface area contributed by atoms with E-state index >= 15 is 0 Å². The zero-order valence-electron chi connectivity index (χ0n) is 15.0. The van der Waals surface area contributed by atoms with E-state index in [9.17, 15) is 9.59 Å². The molecule has 0 fully saturated rings. The van der Waals surface area contributed by atoms with Crippen LogP contribution in [0, 0.1) is 20.8 Å². The molecule has 0 saturated carbocycles. The summed E-state index contributed by atoms with van der Waals surface area (Å²) in [6.07, 6.45) is 0. The number of ether oxygens (including phenoxy) is 1. The van der Waals surface area contributed by atoms with Crippen LogP contribution in [0.15, 0.2) is 11.4 Å². The number of carbonyl (C=O) groups is 2. The molecule has 0 saturated heterocycles. The van der Waals surface area contributed by atoms with E-state index in [4.69, 9.17) is 4.74 Å². The van der Waals surface area contributed by atoms with Crippen LogP contribution >= 0.6 is 11.3 Å². The van der Waals surface area contributed by atoms with Crippen molar-refractivity contribution >= 4 is 23.1 Å². The van der Waals surface area contributed by atoms with Crippen LogP contribution in [0.3, 0.4) is 0 Å². The molecule has 0 aliphatic heterocycles. The molecule has 0 bridgehead atoms. The number of H-pyrrole nitrogens is 1. The fourth-order valence-corrected chi connectivity index (χ4v) is 3.71. The van der Waals surface area contributed by atoms with Crippen LogP contribution in [0.25, 0.3) is 0 Å². The molecule has 1 atom stereocenters. The minimum absolute atomic E-state index is 0.0255. The van der Waals surface area contributed by atoms with E-state index in [1.165, 1.54) is 17.6 Å². The lowest BCUT2D eigenvalue weighted by molar-refractivity contribution is 0.0599. The smallest absolute Gasteiger partial charge is 0.339 e. The van der Waals surface area contributed by atoms with E-state index in [2.05, 4.69) is 23.4 Å². The summed E-state index contributed by atoms with van der Waals surface area (Å²) >= 11 is 1.70. The van der Waals surface area contributed by atoms with Gasteiger partial charge in [-0.25, -0.2) is 4.79 Å². The van der Waals surface area contributed by atoms with Crippen molar-refractivity contribution in [2.45, 2.75) is 40.3 Å². The largest absolute Gasteiger partial charge is 0.465 e. The van der Waals surface area contributed by atoms with Gasteiger partial charge in [-0.2, -0.15) is 0 Å². The van der Waals surface area contributed by atoms with Crippen molar-refractivity contribution in [1.29, 1.82) is 0 Å². The second kappa shape index (κ2) is 7.32. The Morgan fingerprint density at radius 1 is 1.33 bits per heavy atom. The zero-order valence-corrected chi connectivity index (χ0v) is 15.8. The van der Waals surface area contributed by atoms with Crippen molar-refractivity contribution in [2.24, 2.45) is 0 Å². The molecule has 1 N–H and O–H groups in total. The third-order valence-electron chi connectivity index (χ3n) is 4.48. The molecule has 2 rings (SSSR count). The maximum Gasteiger partial charge on any atom is 0.339 e. The predicted octanol–water partition coefficient (Wildman–Crippen LogP) is 3.49. The summed E-state index contributed by atoms with van der Waals surface area (Å²) in [7, 11) is 3.28. The monoisotopic (exact) mass is 348 g/mol. The third kappa shape index (κ3) is 3.44. The van der Waals surface area contributed by atoms with Gasteiger partial charge < -0.3 is 9.72 Å². The molecule has 24 heavy (non-hydrogen) atoms. The fraction of sp³-hybridized carbons (Fsp3) is 0.444. The van der Waals surface area contributed by atoms with Crippen molar-refractivity contribution in [3.63, 3.8) is 0 Å². The third-order valence-corrected chi connectivity index (χ3v) is 5.48. The molecule has 130 valence electrons. The molecule has 0 aliphatic rings. The van der Waals surface area contributed by atoms with Crippen molar-refractivity contribution in [2.75, 3.05) is 14.2 Å². The standard InChI is InChI=1S/C18H24N2O3S/c1-10-7-8-24-14(10)9-20(5)13(4)17(21)16-11(2)15(12(3)19-16)18(22)23-6/h7-8,13,19H,9H2,1-6H3/t13-/m1/s1. The highest BCUT2D eigenvalue weighted by Gasteiger charge is 2.27. The quantitative estimate of drug-likeness (QED) is 0.641. The Kier molecular flexibility index (Phi) is 5.62. The number of rotatable bonds is 6. The van der Waals surface area contributed by atoms with E-state index in [1.54, 1.807) is 25.2 Å². The number of nitrogens with one attached hydrogen (secondary N) is 1. The molecule has 2 heterocycles. The number of aryl methyl sites for hydroxylation is 2. The summed E-state index contributed by atoms with van der Waals surface area (Å²) in [5.41, 5.74) is 3.48. The second-order valence-electron chi connectivity index (χ2n) is 6.10. The summed E-state index contributed by atoms with van der Waals surface area (Å²) in [5.74, 6) is -0.446. The number of hydrogen-bond donors (Lipinski definition) is 1. The van der Waals surface area contributed by atoms with Crippen LogP contribution < -0.4 is 0 Å². The lowest BCUT2D eigenvalue weighted by Crippen LogP contribution is -2.36. The fourth-order valence-electron chi connectivity index (χ4n) is 2.74. The second-order valence-corrected chi connectivity index (χ2v) is 7.10.